The summed E-state index contributed by atoms with van der Waals surface area (Å²) in [5.41, 5.74) is 1.61. The third-order valence-electron chi connectivity index (χ3n) is 11.8. The van der Waals surface area contributed by atoms with E-state index in [-0.39, 0.29) is 84.9 Å². The van der Waals surface area contributed by atoms with Crippen LogP contribution in [-0.2, 0) is 36.8 Å². The highest BCUT2D eigenvalue weighted by atomic mass is 16.5. The molecule has 8 rings (SSSR count). The molecule has 2 saturated heterocycles. The van der Waals surface area contributed by atoms with Crippen LogP contribution in [0.5, 0.6) is 11.5 Å². The molecule has 4 aliphatic rings. The molecule has 4 aromatic rings. The maximum Gasteiger partial charge on any atom is 0.332 e. The molecule has 0 spiro atoms. The number of aromatic nitrogens is 1. The standard InChI is InChI=1S/C45H42N6O11/c1-61-44(60)45(23-27-4-2-3-5-28(27)24-45)49-41(57)37-38(54)31(14-18-46-37)25-6-8-26(9-7-25)39(55)47-29-15-19-50(20-16-29)36(53)17-21-62-30-10-11-32-33(22-30)43(59)51(42(32)58)34-12-13-35(52)48-40(34)56/h2-11,14,18,22,29,34,54H,12-13,15-17,19-21,23-24H2,1H3,(H,47,55)(H,49,57)(H,48,52,56). The first kappa shape index (κ1) is 41.3. The summed E-state index contributed by atoms with van der Waals surface area (Å²) >= 11 is 0. The predicted molar refractivity (Wildman–Crippen MR) is 218 cm³/mol. The highest BCUT2D eigenvalue weighted by Gasteiger charge is 2.47. The molecule has 4 N–H and O–H groups in total. The van der Waals surface area contributed by atoms with Gasteiger partial charge < -0.3 is 30.1 Å². The summed E-state index contributed by atoms with van der Waals surface area (Å²) in [6, 6.07) is 18.7. The number of likely N-dealkylation sites (tertiary alicyclic amines) is 1. The van der Waals surface area contributed by atoms with Crippen molar-refractivity contribution in [3.8, 4) is 22.6 Å². The van der Waals surface area contributed by atoms with Crippen molar-refractivity contribution in [1.29, 1.82) is 0 Å². The van der Waals surface area contributed by atoms with Gasteiger partial charge in [0.15, 0.2) is 11.4 Å². The van der Waals surface area contributed by atoms with E-state index in [1.165, 1.54) is 31.5 Å². The van der Waals surface area contributed by atoms with Gasteiger partial charge in [-0.3, -0.25) is 43.8 Å². The van der Waals surface area contributed by atoms with E-state index in [1.54, 1.807) is 35.2 Å². The van der Waals surface area contributed by atoms with Gasteiger partial charge in [-0.05, 0) is 72.4 Å². The number of nitrogens with zero attached hydrogens (tertiary/aromatic N) is 3. The number of imide groups is 2. The molecule has 0 saturated carbocycles. The average molecular weight is 843 g/mol. The van der Waals surface area contributed by atoms with Crippen molar-refractivity contribution in [2.75, 3.05) is 26.8 Å². The molecule has 4 heterocycles. The number of aromatic hydroxyl groups is 1. The van der Waals surface area contributed by atoms with Crippen LogP contribution in [0, 0.1) is 0 Å². The maximum absolute atomic E-state index is 13.5. The molecular weight excluding hydrogens is 801 g/mol. The van der Waals surface area contributed by atoms with Crippen LogP contribution in [0.15, 0.2) is 79.0 Å². The number of carbonyl (C=O) groups excluding carboxylic acids is 8. The minimum absolute atomic E-state index is 0.0143. The highest BCUT2D eigenvalue weighted by Crippen LogP contribution is 2.35. The number of methoxy groups -OCH3 is 1. The maximum atomic E-state index is 13.5. The van der Waals surface area contributed by atoms with Crippen LogP contribution in [-0.4, -0.2) is 112 Å². The molecule has 1 atom stereocenters. The Bertz CT molecular complexity index is 2510. The molecule has 62 heavy (non-hydrogen) atoms. The van der Waals surface area contributed by atoms with Crippen LogP contribution in [0.3, 0.4) is 0 Å². The van der Waals surface area contributed by atoms with Crippen LogP contribution in [0.4, 0.5) is 0 Å². The monoisotopic (exact) mass is 842 g/mol. The number of hydrogen-bond donors (Lipinski definition) is 4. The third-order valence-corrected chi connectivity index (χ3v) is 11.8. The van der Waals surface area contributed by atoms with E-state index < -0.39 is 47.1 Å². The van der Waals surface area contributed by atoms with Crippen molar-refractivity contribution < 1.29 is 52.9 Å². The second kappa shape index (κ2) is 16.9. The molecule has 1 unspecified atom stereocenters. The quantitative estimate of drug-likeness (QED) is 0.126. The summed E-state index contributed by atoms with van der Waals surface area (Å²) in [7, 11) is 1.26. The number of pyridine rings is 1. The zero-order valence-electron chi connectivity index (χ0n) is 33.6. The van der Waals surface area contributed by atoms with Gasteiger partial charge in [0.2, 0.25) is 17.7 Å². The van der Waals surface area contributed by atoms with Crippen molar-refractivity contribution in [2.24, 2.45) is 0 Å². The molecule has 3 aromatic carbocycles. The Morgan fingerprint density at radius 3 is 2.23 bits per heavy atom. The number of benzene rings is 3. The minimum atomic E-state index is -1.36. The van der Waals surface area contributed by atoms with Crippen molar-refractivity contribution >= 4 is 47.3 Å². The first-order valence-electron chi connectivity index (χ1n) is 20.2. The van der Waals surface area contributed by atoms with Gasteiger partial charge in [0, 0.05) is 55.7 Å². The van der Waals surface area contributed by atoms with E-state index in [0.29, 0.717) is 42.6 Å². The highest BCUT2D eigenvalue weighted by molar-refractivity contribution is 6.23. The largest absolute Gasteiger partial charge is 0.505 e. The lowest BCUT2D eigenvalue weighted by atomic mass is 9.95. The first-order valence-corrected chi connectivity index (χ1v) is 20.2. The van der Waals surface area contributed by atoms with Crippen molar-refractivity contribution in [3.63, 3.8) is 0 Å². The van der Waals surface area contributed by atoms with E-state index in [4.69, 9.17) is 9.47 Å². The lowest BCUT2D eigenvalue weighted by molar-refractivity contribution is -0.148. The fourth-order valence-electron chi connectivity index (χ4n) is 8.52. The number of hydrogen-bond acceptors (Lipinski definition) is 12. The van der Waals surface area contributed by atoms with Crippen LogP contribution in [0.25, 0.3) is 11.1 Å². The Morgan fingerprint density at radius 1 is 0.855 bits per heavy atom. The Morgan fingerprint density at radius 2 is 1.55 bits per heavy atom. The lowest BCUT2D eigenvalue weighted by Gasteiger charge is -2.32. The van der Waals surface area contributed by atoms with E-state index >= 15 is 0 Å². The topological polar surface area (TPSA) is 231 Å². The van der Waals surface area contributed by atoms with Gasteiger partial charge in [0.25, 0.3) is 23.6 Å². The molecule has 7 amide bonds. The zero-order valence-corrected chi connectivity index (χ0v) is 33.6. The van der Waals surface area contributed by atoms with Gasteiger partial charge in [-0.25, -0.2) is 9.78 Å². The lowest BCUT2D eigenvalue weighted by Crippen LogP contribution is -2.56. The summed E-state index contributed by atoms with van der Waals surface area (Å²) in [5.74, 6) is -4.34. The summed E-state index contributed by atoms with van der Waals surface area (Å²) in [5, 5.41) is 19.2. The second-order valence-corrected chi connectivity index (χ2v) is 15.7. The average Bonchev–Trinajstić information content (AvgIpc) is 3.77. The van der Waals surface area contributed by atoms with Crippen LogP contribution < -0.4 is 20.7 Å². The van der Waals surface area contributed by atoms with Crippen LogP contribution in [0.2, 0.25) is 0 Å². The van der Waals surface area contributed by atoms with Crippen molar-refractivity contribution in [1.82, 2.24) is 30.7 Å². The number of ether oxygens (including phenoxy) is 2. The molecule has 1 aliphatic carbocycles. The number of amides is 7. The minimum Gasteiger partial charge on any atom is -0.505 e. The molecule has 2 fully saturated rings. The Labute approximate surface area is 354 Å². The van der Waals surface area contributed by atoms with E-state index in [1.807, 2.05) is 24.3 Å². The molecule has 0 bridgehead atoms. The van der Waals surface area contributed by atoms with Gasteiger partial charge in [-0.2, -0.15) is 0 Å². The smallest absolute Gasteiger partial charge is 0.332 e. The van der Waals surface area contributed by atoms with E-state index in [9.17, 15) is 43.5 Å². The number of piperidine rings is 2. The number of fused-ring (bicyclic) bond motifs is 2. The molecular formula is C45H42N6O11. The van der Waals surface area contributed by atoms with Gasteiger partial charge in [-0.15, -0.1) is 0 Å². The van der Waals surface area contributed by atoms with Gasteiger partial charge in [0.05, 0.1) is 31.3 Å². The van der Waals surface area contributed by atoms with E-state index in [0.717, 1.165) is 16.0 Å². The first-order chi connectivity index (χ1) is 29.9. The normalized spacial score (nSPS) is 18.1. The fraction of sp³-hybridized carbons (Fsp3) is 0.311. The number of rotatable bonds is 11. The van der Waals surface area contributed by atoms with Gasteiger partial charge in [0.1, 0.15) is 17.3 Å². The Kier molecular flexibility index (Phi) is 11.3. The van der Waals surface area contributed by atoms with Gasteiger partial charge >= 0.3 is 5.97 Å². The molecule has 1 aromatic heterocycles. The number of nitrogens with one attached hydrogen (secondary N) is 3. The van der Waals surface area contributed by atoms with E-state index in [2.05, 4.69) is 20.9 Å². The van der Waals surface area contributed by atoms with Crippen LogP contribution in [0.1, 0.15) is 84.8 Å². The van der Waals surface area contributed by atoms with Gasteiger partial charge in [-0.1, -0.05) is 36.4 Å². The van der Waals surface area contributed by atoms with Crippen molar-refractivity contribution in [2.45, 2.75) is 62.6 Å². The predicted octanol–water partition coefficient (Wildman–Crippen LogP) is 2.49. The van der Waals surface area contributed by atoms with Crippen molar-refractivity contribution in [3.05, 3.63) is 113 Å². The molecule has 17 heteroatoms. The number of carbonyl (C=O) groups is 8. The zero-order chi connectivity index (χ0) is 43.7. The SMILES string of the molecule is COC(=O)C1(NC(=O)c2nccc(-c3ccc(C(=O)NC4CCN(C(=O)CCOc5ccc6c(c5)C(=O)N(C5CCC(=O)NC5=O)C6=O)CC4)cc3)c2O)Cc2ccccc2C1. The third kappa shape index (κ3) is 7.96. The molecule has 17 nitrogen and oxygen atoms in total. The molecule has 3 aliphatic heterocycles. The fourth-order valence-corrected chi connectivity index (χ4v) is 8.52. The number of esters is 1. The Hall–Kier alpha value is -7.43. The summed E-state index contributed by atoms with van der Waals surface area (Å²) in [4.78, 5) is 109. The summed E-state index contributed by atoms with van der Waals surface area (Å²) in [6.07, 6.45) is 3.01. The second-order valence-electron chi connectivity index (χ2n) is 15.7. The Balaban J connectivity index is 0.806. The summed E-state index contributed by atoms with van der Waals surface area (Å²) < 4.78 is 10.8. The molecule has 318 valence electrons. The molecule has 0 radical (unpaired) electrons. The summed E-state index contributed by atoms with van der Waals surface area (Å²) in [6.45, 7) is 0.846. The van der Waals surface area contributed by atoms with Crippen LogP contribution >= 0.6 is 0 Å².